The van der Waals surface area contributed by atoms with Gasteiger partial charge in [-0.05, 0) is 27.1 Å². The van der Waals surface area contributed by atoms with E-state index in [4.69, 9.17) is 5.11 Å². The van der Waals surface area contributed by atoms with Crippen molar-refractivity contribution in [2.75, 3.05) is 40.3 Å². The molecule has 0 aromatic rings. The van der Waals surface area contributed by atoms with Crippen LogP contribution in [-0.4, -0.2) is 61.3 Å². The third-order valence-electron chi connectivity index (χ3n) is 2.44. The van der Waals surface area contributed by atoms with Crippen LogP contribution < -0.4 is 0 Å². The Balaban J connectivity index is 2.25. The zero-order valence-electron chi connectivity index (χ0n) is 7.45. The SMILES string of the molecule is CN1CC[C@H](N(C)CCO)C1. The van der Waals surface area contributed by atoms with Crippen LogP contribution in [-0.2, 0) is 0 Å². The second-order valence-electron chi connectivity index (χ2n) is 3.41. The number of rotatable bonds is 3. The largest absolute Gasteiger partial charge is 0.395 e. The van der Waals surface area contributed by atoms with Gasteiger partial charge in [0.15, 0.2) is 0 Å². The average Bonchev–Trinajstić information content (AvgIpc) is 2.36. The molecule has 1 rings (SSSR count). The third-order valence-corrected chi connectivity index (χ3v) is 2.44. The summed E-state index contributed by atoms with van der Waals surface area (Å²) in [6.07, 6.45) is 1.24. The Kier molecular flexibility index (Phi) is 3.30. The molecule has 0 aliphatic carbocycles. The summed E-state index contributed by atoms with van der Waals surface area (Å²) in [5.74, 6) is 0. The van der Waals surface area contributed by atoms with Gasteiger partial charge in [0.1, 0.15) is 0 Å². The van der Waals surface area contributed by atoms with Crippen molar-refractivity contribution >= 4 is 0 Å². The van der Waals surface area contributed by atoms with Crippen molar-refractivity contribution in [3.8, 4) is 0 Å². The number of likely N-dealkylation sites (tertiary alicyclic amines) is 1. The summed E-state index contributed by atoms with van der Waals surface area (Å²) in [6.45, 7) is 3.42. The van der Waals surface area contributed by atoms with Crippen molar-refractivity contribution in [3.63, 3.8) is 0 Å². The molecule has 1 aliphatic heterocycles. The molecule has 1 N–H and O–H groups in total. The summed E-state index contributed by atoms with van der Waals surface area (Å²) in [7, 11) is 4.23. The number of likely N-dealkylation sites (N-methyl/N-ethyl adjacent to an activating group) is 2. The Morgan fingerprint density at radius 2 is 2.36 bits per heavy atom. The molecule has 0 saturated carbocycles. The first kappa shape index (κ1) is 8.97. The van der Waals surface area contributed by atoms with Crippen molar-refractivity contribution in [3.05, 3.63) is 0 Å². The highest BCUT2D eigenvalue weighted by Crippen LogP contribution is 2.11. The number of aliphatic hydroxyl groups excluding tert-OH is 1. The van der Waals surface area contributed by atoms with Crippen molar-refractivity contribution in [1.29, 1.82) is 0 Å². The molecule has 0 aromatic heterocycles. The summed E-state index contributed by atoms with van der Waals surface area (Å²) < 4.78 is 0. The summed E-state index contributed by atoms with van der Waals surface area (Å²) in [5, 5.41) is 8.71. The number of nitrogens with zero attached hydrogens (tertiary/aromatic N) is 2. The number of hydrogen-bond donors (Lipinski definition) is 1. The van der Waals surface area contributed by atoms with Crippen molar-refractivity contribution in [1.82, 2.24) is 9.80 Å². The fourth-order valence-corrected chi connectivity index (χ4v) is 1.61. The highest BCUT2D eigenvalue weighted by atomic mass is 16.3. The molecule has 0 unspecified atom stereocenters. The maximum atomic E-state index is 8.71. The molecule has 3 nitrogen and oxygen atoms in total. The van der Waals surface area contributed by atoms with Crippen molar-refractivity contribution in [2.45, 2.75) is 12.5 Å². The molecule has 0 spiro atoms. The third kappa shape index (κ3) is 2.43. The van der Waals surface area contributed by atoms with Crippen LogP contribution in [0.15, 0.2) is 0 Å². The van der Waals surface area contributed by atoms with Crippen molar-refractivity contribution in [2.24, 2.45) is 0 Å². The first-order valence-electron chi connectivity index (χ1n) is 4.23. The maximum Gasteiger partial charge on any atom is 0.0558 e. The van der Waals surface area contributed by atoms with Crippen molar-refractivity contribution < 1.29 is 5.11 Å². The van der Waals surface area contributed by atoms with E-state index in [1.165, 1.54) is 13.0 Å². The van der Waals surface area contributed by atoms with Gasteiger partial charge in [0.25, 0.3) is 0 Å². The lowest BCUT2D eigenvalue weighted by Crippen LogP contribution is -2.35. The van der Waals surface area contributed by atoms with Crippen LogP contribution in [0.1, 0.15) is 6.42 Å². The van der Waals surface area contributed by atoms with E-state index in [9.17, 15) is 0 Å². The van der Waals surface area contributed by atoms with Gasteiger partial charge in [-0.1, -0.05) is 0 Å². The summed E-state index contributed by atoms with van der Waals surface area (Å²) in [5.41, 5.74) is 0. The maximum absolute atomic E-state index is 8.71. The zero-order chi connectivity index (χ0) is 8.27. The van der Waals surface area contributed by atoms with Gasteiger partial charge in [-0.25, -0.2) is 0 Å². The van der Waals surface area contributed by atoms with Crippen LogP contribution >= 0.6 is 0 Å². The summed E-state index contributed by atoms with van der Waals surface area (Å²) in [6, 6.07) is 0.659. The van der Waals surface area contributed by atoms with Gasteiger partial charge in [-0.15, -0.1) is 0 Å². The quantitative estimate of drug-likeness (QED) is 0.606. The van der Waals surface area contributed by atoms with E-state index in [0.717, 1.165) is 13.1 Å². The van der Waals surface area contributed by atoms with E-state index >= 15 is 0 Å². The monoisotopic (exact) mass is 158 g/mol. The van der Waals surface area contributed by atoms with E-state index < -0.39 is 0 Å². The molecule has 1 aliphatic rings. The van der Waals surface area contributed by atoms with Crippen LogP contribution in [0.5, 0.6) is 0 Å². The molecule has 1 fully saturated rings. The van der Waals surface area contributed by atoms with Gasteiger partial charge in [0.2, 0.25) is 0 Å². The van der Waals surface area contributed by atoms with E-state index in [-0.39, 0.29) is 6.61 Å². The molecular weight excluding hydrogens is 140 g/mol. The minimum Gasteiger partial charge on any atom is -0.395 e. The second-order valence-corrected chi connectivity index (χ2v) is 3.41. The Bertz CT molecular complexity index is 119. The van der Waals surface area contributed by atoms with Crippen LogP contribution in [0, 0.1) is 0 Å². The van der Waals surface area contributed by atoms with E-state index in [2.05, 4.69) is 23.9 Å². The average molecular weight is 158 g/mol. The lowest BCUT2D eigenvalue weighted by molar-refractivity contribution is 0.181. The smallest absolute Gasteiger partial charge is 0.0558 e. The molecule has 66 valence electrons. The van der Waals surface area contributed by atoms with Gasteiger partial charge in [-0.2, -0.15) is 0 Å². The highest BCUT2D eigenvalue weighted by Gasteiger charge is 2.22. The standard InChI is InChI=1S/C8H18N2O/c1-9-4-3-8(7-9)10(2)5-6-11/h8,11H,3-7H2,1-2H3/t8-/m0/s1. The molecule has 0 bridgehead atoms. The van der Waals surface area contributed by atoms with Gasteiger partial charge in [-0.3, -0.25) is 4.90 Å². The van der Waals surface area contributed by atoms with Gasteiger partial charge in [0, 0.05) is 19.1 Å². The molecule has 0 aromatic carbocycles. The predicted octanol–water partition coefficient (Wildman–Crippen LogP) is -0.385. The van der Waals surface area contributed by atoms with Crippen LogP contribution in [0.25, 0.3) is 0 Å². The van der Waals surface area contributed by atoms with Gasteiger partial charge < -0.3 is 10.0 Å². The van der Waals surface area contributed by atoms with Crippen LogP contribution in [0.4, 0.5) is 0 Å². The molecule has 11 heavy (non-hydrogen) atoms. The fraction of sp³-hybridized carbons (Fsp3) is 1.00. The topological polar surface area (TPSA) is 26.7 Å². The van der Waals surface area contributed by atoms with E-state index in [0.29, 0.717) is 6.04 Å². The normalized spacial score (nSPS) is 26.7. The summed E-state index contributed by atoms with van der Waals surface area (Å²) in [4.78, 5) is 4.57. The van der Waals surface area contributed by atoms with Crippen LogP contribution in [0.2, 0.25) is 0 Å². The Hall–Kier alpha value is -0.120. The molecule has 3 heteroatoms. The first-order chi connectivity index (χ1) is 5.24. The molecule has 1 heterocycles. The van der Waals surface area contributed by atoms with Crippen LogP contribution in [0.3, 0.4) is 0 Å². The molecule has 1 atom stereocenters. The summed E-state index contributed by atoms with van der Waals surface area (Å²) >= 11 is 0. The fourth-order valence-electron chi connectivity index (χ4n) is 1.61. The first-order valence-corrected chi connectivity index (χ1v) is 4.23. The van der Waals surface area contributed by atoms with E-state index in [1.807, 2.05) is 0 Å². The molecular formula is C8H18N2O. The highest BCUT2D eigenvalue weighted by molar-refractivity contribution is 4.79. The Morgan fingerprint density at radius 3 is 2.82 bits per heavy atom. The van der Waals surface area contributed by atoms with Gasteiger partial charge in [0.05, 0.1) is 6.61 Å². The minimum absolute atomic E-state index is 0.275. The zero-order valence-corrected chi connectivity index (χ0v) is 7.45. The Morgan fingerprint density at radius 1 is 1.64 bits per heavy atom. The molecule has 0 radical (unpaired) electrons. The molecule has 1 saturated heterocycles. The number of hydrogen-bond acceptors (Lipinski definition) is 3. The van der Waals surface area contributed by atoms with E-state index in [1.54, 1.807) is 0 Å². The lowest BCUT2D eigenvalue weighted by atomic mass is 10.2. The number of aliphatic hydroxyl groups is 1. The Labute approximate surface area is 68.6 Å². The second kappa shape index (κ2) is 4.04. The predicted molar refractivity (Wildman–Crippen MR) is 45.6 cm³/mol. The minimum atomic E-state index is 0.275. The lowest BCUT2D eigenvalue weighted by Gasteiger charge is -2.22. The van der Waals surface area contributed by atoms with Gasteiger partial charge >= 0.3 is 0 Å². The molecule has 0 amide bonds.